The lowest BCUT2D eigenvalue weighted by Crippen LogP contribution is -2.31. The zero-order chi connectivity index (χ0) is 13.0. The van der Waals surface area contributed by atoms with Gasteiger partial charge in [-0.15, -0.1) is 0 Å². The topological polar surface area (TPSA) is 45.2 Å². The van der Waals surface area contributed by atoms with Crippen LogP contribution in [0.2, 0.25) is 5.02 Å². The van der Waals surface area contributed by atoms with Crippen LogP contribution in [0.4, 0.5) is 14.6 Å². The summed E-state index contributed by atoms with van der Waals surface area (Å²) < 4.78 is 24.2. The summed E-state index contributed by atoms with van der Waals surface area (Å²) in [5.41, 5.74) is 0.178. The molecule has 7 heteroatoms. The molecule has 1 rings (SSSR count). The average molecular weight is 264 g/mol. The molecule has 0 saturated heterocycles. The van der Waals surface area contributed by atoms with Crippen LogP contribution in [-0.4, -0.2) is 42.9 Å². The molecule has 4 nitrogen and oxygen atoms in total. The Labute approximate surface area is 103 Å². The number of carbonyl (C=O) groups excluding carboxylic acids is 1. The number of aromatic nitrogens is 1. The summed E-state index contributed by atoms with van der Waals surface area (Å²) in [4.78, 5) is 16.5. The predicted molar refractivity (Wildman–Crippen MR) is 61.8 cm³/mol. The Kier molecular flexibility index (Phi) is 4.62. The summed E-state index contributed by atoms with van der Waals surface area (Å²) in [5, 5.41) is 3.00. The van der Waals surface area contributed by atoms with E-state index in [1.165, 1.54) is 19.3 Å². The van der Waals surface area contributed by atoms with Gasteiger partial charge < -0.3 is 10.2 Å². The maximum Gasteiger partial charge on any atom is 0.255 e. The van der Waals surface area contributed by atoms with E-state index in [-0.39, 0.29) is 10.6 Å². The molecule has 1 N–H and O–H groups in total. The lowest BCUT2D eigenvalue weighted by molar-refractivity contribution is 0.0620. The summed E-state index contributed by atoms with van der Waals surface area (Å²) in [6.45, 7) is -0.621. The van der Waals surface area contributed by atoms with E-state index in [1.807, 2.05) is 0 Å². The number of alkyl halides is 2. The molecule has 0 aliphatic rings. The second-order valence-corrected chi connectivity index (χ2v) is 3.79. The van der Waals surface area contributed by atoms with Crippen molar-refractivity contribution in [2.45, 2.75) is 6.43 Å². The van der Waals surface area contributed by atoms with Gasteiger partial charge in [-0.2, -0.15) is 0 Å². The molecule has 1 aromatic heterocycles. The molecular formula is C10H12ClF2N3O. The number of amides is 1. The van der Waals surface area contributed by atoms with Gasteiger partial charge in [-0.3, -0.25) is 4.79 Å². The second-order valence-electron chi connectivity index (χ2n) is 3.38. The Morgan fingerprint density at radius 1 is 1.65 bits per heavy atom. The highest BCUT2D eigenvalue weighted by molar-refractivity contribution is 6.33. The van der Waals surface area contributed by atoms with Gasteiger partial charge in [-0.05, 0) is 6.07 Å². The zero-order valence-corrected chi connectivity index (χ0v) is 10.1. The SMILES string of the molecule is CNc1ncc(C(=O)N(C)CC(F)F)cc1Cl. The number of carbonyl (C=O) groups is 1. The van der Waals surface area contributed by atoms with E-state index in [9.17, 15) is 13.6 Å². The minimum atomic E-state index is -2.57. The first-order valence-corrected chi connectivity index (χ1v) is 5.20. The van der Waals surface area contributed by atoms with Crippen molar-refractivity contribution >= 4 is 23.3 Å². The lowest BCUT2D eigenvalue weighted by atomic mass is 10.2. The lowest BCUT2D eigenvalue weighted by Gasteiger charge is -2.16. The molecule has 0 fully saturated rings. The third kappa shape index (κ3) is 3.52. The molecule has 0 spiro atoms. The molecule has 0 aliphatic heterocycles. The van der Waals surface area contributed by atoms with E-state index in [4.69, 9.17) is 11.6 Å². The maximum atomic E-state index is 12.1. The number of nitrogens with one attached hydrogen (secondary N) is 1. The first-order chi connectivity index (χ1) is 7.95. The van der Waals surface area contributed by atoms with Crippen LogP contribution in [0.1, 0.15) is 10.4 Å². The van der Waals surface area contributed by atoms with E-state index in [1.54, 1.807) is 7.05 Å². The van der Waals surface area contributed by atoms with Crippen LogP contribution in [0.3, 0.4) is 0 Å². The van der Waals surface area contributed by atoms with Crippen LogP contribution in [0.25, 0.3) is 0 Å². The van der Waals surface area contributed by atoms with Crippen molar-refractivity contribution in [3.63, 3.8) is 0 Å². The molecule has 0 atom stereocenters. The second kappa shape index (κ2) is 5.77. The van der Waals surface area contributed by atoms with Gasteiger partial charge >= 0.3 is 0 Å². The van der Waals surface area contributed by atoms with Gasteiger partial charge in [0.2, 0.25) is 0 Å². The molecule has 0 bridgehead atoms. The summed E-state index contributed by atoms with van der Waals surface area (Å²) >= 11 is 5.84. The van der Waals surface area contributed by atoms with Crippen LogP contribution in [-0.2, 0) is 0 Å². The van der Waals surface area contributed by atoms with E-state index >= 15 is 0 Å². The van der Waals surface area contributed by atoms with E-state index in [2.05, 4.69) is 10.3 Å². The summed E-state index contributed by atoms with van der Waals surface area (Å²) in [6, 6.07) is 1.39. The minimum Gasteiger partial charge on any atom is -0.372 e. The number of nitrogens with zero attached hydrogens (tertiary/aromatic N) is 2. The molecule has 1 aromatic rings. The van der Waals surface area contributed by atoms with Crippen LogP contribution in [0.15, 0.2) is 12.3 Å². The fourth-order valence-corrected chi connectivity index (χ4v) is 1.51. The normalized spacial score (nSPS) is 10.5. The fourth-order valence-electron chi connectivity index (χ4n) is 1.25. The molecule has 0 radical (unpaired) electrons. The van der Waals surface area contributed by atoms with Gasteiger partial charge in [0.05, 0.1) is 17.1 Å². The Morgan fingerprint density at radius 2 is 2.29 bits per heavy atom. The van der Waals surface area contributed by atoms with Crippen LogP contribution in [0, 0.1) is 0 Å². The first kappa shape index (κ1) is 13.6. The molecule has 0 aromatic carbocycles. The highest BCUT2D eigenvalue weighted by Crippen LogP contribution is 2.20. The largest absolute Gasteiger partial charge is 0.372 e. The molecular weight excluding hydrogens is 252 g/mol. The molecule has 94 valence electrons. The van der Waals surface area contributed by atoms with Crippen LogP contribution < -0.4 is 5.32 Å². The van der Waals surface area contributed by atoms with Crippen molar-refractivity contribution in [3.8, 4) is 0 Å². The first-order valence-electron chi connectivity index (χ1n) is 4.82. The summed E-state index contributed by atoms with van der Waals surface area (Å²) in [5.74, 6) is -0.109. The fraction of sp³-hybridized carbons (Fsp3) is 0.400. The van der Waals surface area contributed by atoms with E-state index < -0.39 is 18.9 Å². The zero-order valence-electron chi connectivity index (χ0n) is 9.38. The average Bonchev–Trinajstić information content (AvgIpc) is 2.27. The van der Waals surface area contributed by atoms with Gasteiger partial charge in [0.15, 0.2) is 0 Å². The van der Waals surface area contributed by atoms with Crippen molar-refractivity contribution in [2.24, 2.45) is 0 Å². The van der Waals surface area contributed by atoms with Crippen molar-refractivity contribution in [1.82, 2.24) is 9.88 Å². The number of pyridine rings is 1. The molecule has 1 heterocycles. The third-order valence-electron chi connectivity index (χ3n) is 2.08. The third-order valence-corrected chi connectivity index (χ3v) is 2.37. The monoisotopic (exact) mass is 263 g/mol. The number of halogens is 3. The van der Waals surface area contributed by atoms with E-state index in [0.29, 0.717) is 5.82 Å². The van der Waals surface area contributed by atoms with Gasteiger partial charge in [0.25, 0.3) is 12.3 Å². The molecule has 0 unspecified atom stereocenters. The molecule has 0 aliphatic carbocycles. The highest BCUT2D eigenvalue weighted by Gasteiger charge is 2.17. The number of rotatable bonds is 4. The Balaban J connectivity index is 2.86. The number of anilines is 1. The van der Waals surface area contributed by atoms with Crippen molar-refractivity contribution in [2.75, 3.05) is 26.0 Å². The van der Waals surface area contributed by atoms with Crippen molar-refractivity contribution < 1.29 is 13.6 Å². The summed E-state index contributed by atoms with van der Waals surface area (Å²) in [7, 11) is 2.94. The van der Waals surface area contributed by atoms with Gasteiger partial charge in [0.1, 0.15) is 5.82 Å². The predicted octanol–water partition coefficient (Wildman–Crippen LogP) is 2.11. The maximum absolute atomic E-state index is 12.1. The van der Waals surface area contributed by atoms with Gasteiger partial charge in [-0.25, -0.2) is 13.8 Å². The Bertz CT molecular complexity index is 415. The van der Waals surface area contributed by atoms with Gasteiger partial charge in [-0.1, -0.05) is 11.6 Å². The summed E-state index contributed by atoms with van der Waals surface area (Å²) in [6.07, 6.45) is -1.27. The van der Waals surface area contributed by atoms with Crippen LogP contribution in [0.5, 0.6) is 0 Å². The molecule has 17 heavy (non-hydrogen) atoms. The molecule has 0 saturated carbocycles. The minimum absolute atomic E-state index is 0.178. The van der Waals surface area contributed by atoms with E-state index in [0.717, 1.165) is 4.90 Å². The Hall–Kier alpha value is -1.43. The number of hydrogen-bond acceptors (Lipinski definition) is 3. The smallest absolute Gasteiger partial charge is 0.255 e. The van der Waals surface area contributed by atoms with Crippen molar-refractivity contribution in [1.29, 1.82) is 0 Å². The highest BCUT2D eigenvalue weighted by atomic mass is 35.5. The van der Waals surface area contributed by atoms with Crippen LogP contribution >= 0.6 is 11.6 Å². The quantitative estimate of drug-likeness (QED) is 0.905. The van der Waals surface area contributed by atoms with Gasteiger partial charge in [0, 0.05) is 20.3 Å². The van der Waals surface area contributed by atoms with Crippen molar-refractivity contribution in [3.05, 3.63) is 22.8 Å². The Morgan fingerprint density at radius 3 is 2.76 bits per heavy atom. The molecule has 1 amide bonds. The number of hydrogen-bond donors (Lipinski definition) is 1. The standard InChI is InChI=1S/C10H12ClF2N3O/c1-14-9-7(11)3-6(4-15-9)10(17)16(2)5-8(12)13/h3-4,8H,5H2,1-2H3,(H,14,15).